The smallest absolute Gasteiger partial charge is 0.253 e. The van der Waals surface area contributed by atoms with Crippen LogP contribution in [0.2, 0.25) is 5.02 Å². The number of carbonyl (C=O) groups excluding carboxylic acids is 1. The molecule has 7 heteroatoms. The third-order valence-electron chi connectivity index (χ3n) is 4.39. The van der Waals surface area contributed by atoms with E-state index in [2.05, 4.69) is 12.2 Å². The van der Waals surface area contributed by atoms with E-state index in [1.807, 2.05) is 6.92 Å². The van der Waals surface area contributed by atoms with Crippen molar-refractivity contribution in [1.82, 2.24) is 9.62 Å². The Morgan fingerprint density at radius 3 is 2.38 bits per heavy atom. The lowest BCUT2D eigenvalue weighted by atomic mass is 10.1. The van der Waals surface area contributed by atoms with Gasteiger partial charge in [0.25, 0.3) is 5.91 Å². The molecule has 0 fully saturated rings. The molecule has 0 aliphatic heterocycles. The lowest BCUT2D eigenvalue weighted by Crippen LogP contribution is -2.33. The fourth-order valence-electron chi connectivity index (χ4n) is 2.80. The maximum Gasteiger partial charge on any atom is 0.253 e. The van der Waals surface area contributed by atoms with Crippen molar-refractivity contribution in [3.05, 3.63) is 28.8 Å². The van der Waals surface area contributed by atoms with Crippen LogP contribution in [0.4, 0.5) is 0 Å². The molecule has 1 N–H and O–H groups in total. The van der Waals surface area contributed by atoms with E-state index in [9.17, 15) is 13.2 Å². The molecule has 0 saturated heterocycles. The Balaban J connectivity index is 2.91. The minimum absolute atomic E-state index is 0.0125. The van der Waals surface area contributed by atoms with Gasteiger partial charge in [-0.05, 0) is 31.5 Å². The zero-order valence-electron chi connectivity index (χ0n) is 16.2. The molecule has 0 bridgehead atoms. The maximum absolute atomic E-state index is 12.7. The molecule has 5 nitrogen and oxygen atoms in total. The molecule has 1 aromatic rings. The molecule has 0 spiro atoms. The first-order valence-corrected chi connectivity index (χ1v) is 11.2. The number of halogens is 1. The highest BCUT2D eigenvalue weighted by atomic mass is 35.5. The predicted molar refractivity (Wildman–Crippen MR) is 107 cm³/mol. The minimum atomic E-state index is -3.63. The van der Waals surface area contributed by atoms with Crippen molar-refractivity contribution >= 4 is 27.5 Å². The van der Waals surface area contributed by atoms with Crippen LogP contribution < -0.4 is 5.32 Å². The van der Waals surface area contributed by atoms with Crippen LogP contribution in [-0.4, -0.2) is 37.8 Å². The van der Waals surface area contributed by atoms with E-state index in [-0.39, 0.29) is 27.4 Å². The summed E-state index contributed by atoms with van der Waals surface area (Å²) in [5.41, 5.74) is 0.195. The monoisotopic (exact) mass is 402 g/mol. The third-order valence-corrected chi connectivity index (χ3v) is 6.77. The first-order valence-electron chi connectivity index (χ1n) is 9.38. The standard InChI is InChI=1S/C19H31ClN2O3S/c1-5-8-9-10-11-15(4)21-19(23)17-14-16(12-13-18(17)20)26(24,25)22(6-2)7-3/h12-15H,5-11H2,1-4H3,(H,21,23). The molecule has 0 aliphatic rings. The second-order valence-electron chi connectivity index (χ2n) is 6.45. The van der Waals surface area contributed by atoms with Gasteiger partial charge in [-0.1, -0.05) is 58.1 Å². The summed E-state index contributed by atoms with van der Waals surface area (Å²) in [5, 5.41) is 3.17. The van der Waals surface area contributed by atoms with Crippen molar-refractivity contribution in [1.29, 1.82) is 0 Å². The van der Waals surface area contributed by atoms with Gasteiger partial charge in [0, 0.05) is 19.1 Å². The molecule has 148 valence electrons. The van der Waals surface area contributed by atoms with Gasteiger partial charge in [0.05, 0.1) is 15.5 Å². The normalized spacial score (nSPS) is 13.0. The highest BCUT2D eigenvalue weighted by Crippen LogP contribution is 2.23. The number of amides is 1. The minimum Gasteiger partial charge on any atom is -0.350 e. The van der Waals surface area contributed by atoms with Crippen LogP contribution in [0, 0.1) is 0 Å². The number of nitrogens with zero attached hydrogens (tertiary/aromatic N) is 1. The zero-order chi connectivity index (χ0) is 19.7. The van der Waals surface area contributed by atoms with Gasteiger partial charge in [-0.15, -0.1) is 0 Å². The van der Waals surface area contributed by atoms with Gasteiger partial charge < -0.3 is 5.32 Å². The molecule has 1 atom stereocenters. The summed E-state index contributed by atoms with van der Waals surface area (Å²) in [5.74, 6) is -0.338. The van der Waals surface area contributed by atoms with Crippen LogP contribution in [0.5, 0.6) is 0 Å². The van der Waals surface area contributed by atoms with Gasteiger partial charge >= 0.3 is 0 Å². The van der Waals surface area contributed by atoms with E-state index in [0.29, 0.717) is 13.1 Å². The summed E-state index contributed by atoms with van der Waals surface area (Å²) < 4.78 is 26.7. The summed E-state index contributed by atoms with van der Waals surface area (Å²) >= 11 is 6.15. The SMILES string of the molecule is CCCCCCC(C)NC(=O)c1cc(S(=O)(=O)N(CC)CC)ccc1Cl. The van der Waals surface area contributed by atoms with Crippen molar-refractivity contribution in [2.24, 2.45) is 0 Å². The van der Waals surface area contributed by atoms with Crippen molar-refractivity contribution in [3.8, 4) is 0 Å². The van der Waals surface area contributed by atoms with Crippen molar-refractivity contribution in [3.63, 3.8) is 0 Å². The third kappa shape index (κ3) is 6.25. The molecule has 0 aromatic heterocycles. The quantitative estimate of drug-likeness (QED) is 0.555. The predicted octanol–water partition coefficient (Wildman–Crippen LogP) is 4.46. The van der Waals surface area contributed by atoms with Crippen molar-refractivity contribution in [2.75, 3.05) is 13.1 Å². The van der Waals surface area contributed by atoms with Gasteiger partial charge in [-0.3, -0.25) is 4.79 Å². The van der Waals surface area contributed by atoms with Gasteiger partial charge in [-0.2, -0.15) is 4.31 Å². The summed E-state index contributed by atoms with van der Waals surface area (Å²) in [7, 11) is -3.63. The first kappa shape index (κ1) is 22.9. The van der Waals surface area contributed by atoms with Crippen LogP contribution in [0.15, 0.2) is 23.1 Å². The fourth-order valence-corrected chi connectivity index (χ4v) is 4.49. The molecule has 0 radical (unpaired) electrons. The molecular formula is C19H31ClN2O3S. The van der Waals surface area contributed by atoms with Crippen molar-refractivity contribution < 1.29 is 13.2 Å². The number of carbonyl (C=O) groups is 1. The van der Waals surface area contributed by atoms with E-state index in [4.69, 9.17) is 11.6 Å². The second-order valence-corrected chi connectivity index (χ2v) is 8.80. The lowest BCUT2D eigenvalue weighted by molar-refractivity contribution is 0.0938. The average Bonchev–Trinajstić information content (AvgIpc) is 2.59. The zero-order valence-corrected chi connectivity index (χ0v) is 17.8. The Labute approximate surface area is 163 Å². The number of rotatable bonds is 11. The molecule has 1 aromatic carbocycles. The largest absolute Gasteiger partial charge is 0.350 e. The van der Waals surface area contributed by atoms with Crippen LogP contribution in [0.3, 0.4) is 0 Å². The summed E-state index contributed by atoms with van der Waals surface area (Å²) in [4.78, 5) is 12.6. The lowest BCUT2D eigenvalue weighted by Gasteiger charge is -2.19. The Hall–Kier alpha value is -1.11. The molecule has 1 unspecified atom stereocenters. The van der Waals surface area contributed by atoms with Crippen molar-refractivity contribution in [2.45, 2.75) is 70.7 Å². The molecule has 0 heterocycles. The van der Waals surface area contributed by atoms with E-state index in [0.717, 1.165) is 19.3 Å². The van der Waals surface area contributed by atoms with Gasteiger partial charge in [-0.25, -0.2) is 8.42 Å². The summed E-state index contributed by atoms with van der Waals surface area (Å²) in [6.07, 6.45) is 5.46. The number of sulfonamides is 1. The number of nitrogens with one attached hydrogen (secondary N) is 1. The molecule has 1 rings (SSSR count). The van der Waals surface area contributed by atoms with E-state index < -0.39 is 10.0 Å². The van der Waals surface area contributed by atoms with E-state index in [1.165, 1.54) is 35.3 Å². The second kappa shape index (κ2) is 10.9. The van der Waals surface area contributed by atoms with E-state index >= 15 is 0 Å². The summed E-state index contributed by atoms with van der Waals surface area (Å²) in [6.45, 7) is 8.42. The number of unbranched alkanes of at least 4 members (excludes halogenated alkanes) is 3. The Bertz CT molecular complexity index is 688. The molecular weight excluding hydrogens is 372 g/mol. The van der Waals surface area contributed by atoms with Crippen LogP contribution in [0.1, 0.15) is 70.2 Å². The maximum atomic E-state index is 12.7. The number of benzene rings is 1. The number of hydrogen-bond acceptors (Lipinski definition) is 3. The van der Waals surface area contributed by atoms with Gasteiger partial charge in [0.2, 0.25) is 10.0 Å². The first-order chi connectivity index (χ1) is 12.3. The van der Waals surface area contributed by atoms with Gasteiger partial charge in [0.1, 0.15) is 0 Å². The average molecular weight is 403 g/mol. The Morgan fingerprint density at radius 1 is 1.15 bits per heavy atom. The van der Waals surface area contributed by atoms with Crippen LogP contribution in [-0.2, 0) is 10.0 Å². The van der Waals surface area contributed by atoms with Crippen LogP contribution in [0.25, 0.3) is 0 Å². The topological polar surface area (TPSA) is 66.5 Å². The Kier molecular flexibility index (Phi) is 9.61. The van der Waals surface area contributed by atoms with E-state index in [1.54, 1.807) is 13.8 Å². The highest BCUT2D eigenvalue weighted by Gasteiger charge is 2.24. The number of hydrogen-bond donors (Lipinski definition) is 1. The molecule has 26 heavy (non-hydrogen) atoms. The van der Waals surface area contributed by atoms with Crippen LogP contribution >= 0.6 is 11.6 Å². The van der Waals surface area contributed by atoms with Gasteiger partial charge in [0.15, 0.2) is 0 Å². The Morgan fingerprint density at radius 2 is 1.81 bits per heavy atom. The molecule has 0 aliphatic carbocycles. The molecule has 1 amide bonds. The molecule has 0 saturated carbocycles. The highest BCUT2D eigenvalue weighted by molar-refractivity contribution is 7.89. The fraction of sp³-hybridized carbons (Fsp3) is 0.632. The summed E-state index contributed by atoms with van der Waals surface area (Å²) in [6, 6.07) is 4.30.